The molecule has 0 aliphatic heterocycles. The summed E-state index contributed by atoms with van der Waals surface area (Å²) in [6, 6.07) is 0. The molecule has 0 unspecified atom stereocenters. The molecule has 0 saturated heterocycles. The first kappa shape index (κ1) is 8.93. The van der Waals surface area contributed by atoms with Crippen molar-refractivity contribution in [2.24, 2.45) is 0 Å². The Labute approximate surface area is 80.8 Å². The maximum atomic E-state index is 11.7. The monoisotopic (exact) mass is 192 g/mol. The summed E-state index contributed by atoms with van der Waals surface area (Å²) in [5.41, 5.74) is 1.33. The number of aryl methyl sites for hydroxylation is 2. The zero-order valence-corrected chi connectivity index (χ0v) is 8.46. The first-order valence-corrected chi connectivity index (χ1v) is 4.58. The van der Waals surface area contributed by atoms with Gasteiger partial charge in [-0.15, -0.1) is 0 Å². The first-order chi connectivity index (χ1) is 6.63. The molecule has 2 aromatic rings. The molecule has 0 amide bonds. The molecule has 0 spiro atoms. The van der Waals surface area contributed by atoms with E-state index in [0.717, 1.165) is 17.9 Å². The maximum absolute atomic E-state index is 11.7. The summed E-state index contributed by atoms with van der Waals surface area (Å²) in [4.78, 5) is 20.1. The van der Waals surface area contributed by atoms with Crippen molar-refractivity contribution in [1.29, 1.82) is 0 Å². The first-order valence-electron chi connectivity index (χ1n) is 4.58. The number of rotatable bonds is 1. The van der Waals surface area contributed by atoms with Gasteiger partial charge in [0.15, 0.2) is 0 Å². The second-order valence-electron chi connectivity index (χ2n) is 3.29. The standard InChI is InChI=1S/C9H12N4O/c1-4-7-11-9-10-6(3)5(2)8(14)13(9)12-7/h4H2,1-3H3,(H,10,11,12). The summed E-state index contributed by atoms with van der Waals surface area (Å²) in [5.74, 6) is 1.23. The lowest BCUT2D eigenvalue weighted by Gasteiger charge is -1.96. The highest BCUT2D eigenvalue weighted by molar-refractivity contribution is 5.31. The molecule has 2 heterocycles. The van der Waals surface area contributed by atoms with E-state index in [-0.39, 0.29) is 5.56 Å². The molecule has 5 heteroatoms. The number of nitrogens with zero attached hydrogens (tertiary/aromatic N) is 3. The van der Waals surface area contributed by atoms with Gasteiger partial charge in [0.2, 0.25) is 0 Å². The minimum atomic E-state index is -0.0697. The predicted octanol–water partition coefficient (Wildman–Crippen LogP) is 0.597. The Morgan fingerprint density at radius 3 is 2.71 bits per heavy atom. The topological polar surface area (TPSA) is 63.1 Å². The van der Waals surface area contributed by atoms with Crippen molar-refractivity contribution in [3.63, 3.8) is 0 Å². The number of aromatic nitrogens is 4. The van der Waals surface area contributed by atoms with Gasteiger partial charge >= 0.3 is 0 Å². The number of hydrogen-bond donors (Lipinski definition) is 1. The van der Waals surface area contributed by atoms with Crippen LogP contribution in [0.15, 0.2) is 4.79 Å². The van der Waals surface area contributed by atoms with Gasteiger partial charge in [-0.1, -0.05) is 6.92 Å². The van der Waals surface area contributed by atoms with Crippen LogP contribution in [0.1, 0.15) is 24.0 Å². The summed E-state index contributed by atoms with van der Waals surface area (Å²) in [6.45, 7) is 5.56. The maximum Gasteiger partial charge on any atom is 0.277 e. The molecule has 0 atom stereocenters. The lowest BCUT2D eigenvalue weighted by Crippen LogP contribution is -2.19. The highest BCUT2D eigenvalue weighted by Gasteiger charge is 2.08. The quantitative estimate of drug-likeness (QED) is 0.719. The average Bonchev–Trinajstić information content (AvgIpc) is 2.57. The Morgan fingerprint density at radius 1 is 1.36 bits per heavy atom. The van der Waals surface area contributed by atoms with Gasteiger partial charge in [0, 0.05) is 17.7 Å². The van der Waals surface area contributed by atoms with E-state index < -0.39 is 0 Å². The normalized spacial score (nSPS) is 11.1. The second kappa shape index (κ2) is 2.94. The summed E-state index contributed by atoms with van der Waals surface area (Å²) in [6.07, 6.45) is 0.765. The van der Waals surface area contributed by atoms with Crippen molar-refractivity contribution in [3.05, 3.63) is 27.4 Å². The van der Waals surface area contributed by atoms with Crippen LogP contribution in [0.5, 0.6) is 0 Å². The fourth-order valence-corrected chi connectivity index (χ4v) is 1.31. The Hall–Kier alpha value is -1.65. The van der Waals surface area contributed by atoms with Crippen LogP contribution in [-0.2, 0) is 6.42 Å². The minimum absolute atomic E-state index is 0.0697. The highest BCUT2D eigenvalue weighted by Crippen LogP contribution is 2.00. The van der Waals surface area contributed by atoms with Crippen LogP contribution in [0.4, 0.5) is 0 Å². The third kappa shape index (κ3) is 1.13. The van der Waals surface area contributed by atoms with Crippen LogP contribution >= 0.6 is 0 Å². The Morgan fingerprint density at radius 2 is 2.07 bits per heavy atom. The molecule has 2 aromatic heterocycles. The zero-order chi connectivity index (χ0) is 10.3. The third-order valence-electron chi connectivity index (χ3n) is 2.35. The number of H-pyrrole nitrogens is 1. The number of aromatic amines is 1. The molecule has 14 heavy (non-hydrogen) atoms. The van der Waals surface area contributed by atoms with E-state index in [1.54, 1.807) is 6.92 Å². The van der Waals surface area contributed by atoms with Crippen molar-refractivity contribution in [2.75, 3.05) is 0 Å². The number of hydrogen-bond acceptors (Lipinski definition) is 3. The van der Waals surface area contributed by atoms with Crippen molar-refractivity contribution < 1.29 is 0 Å². The van der Waals surface area contributed by atoms with Crippen LogP contribution < -0.4 is 5.56 Å². The number of fused-ring (bicyclic) bond motifs is 1. The Balaban J connectivity index is 2.88. The second-order valence-corrected chi connectivity index (χ2v) is 3.29. The Bertz CT molecular complexity index is 537. The number of nitrogens with one attached hydrogen (secondary N) is 1. The predicted molar refractivity (Wildman–Crippen MR) is 52.5 cm³/mol. The third-order valence-corrected chi connectivity index (χ3v) is 2.35. The molecule has 0 saturated carbocycles. The SMILES string of the molecule is CCc1nc2nc(C)c(C)c(=O)n2[nH]1. The van der Waals surface area contributed by atoms with Crippen molar-refractivity contribution >= 4 is 5.78 Å². The molecule has 5 nitrogen and oxygen atoms in total. The van der Waals surface area contributed by atoms with Gasteiger partial charge in [0.25, 0.3) is 11.3 Å². The van der Waals surface area contributed by atoms with Gasteiger partial charge in [-0.3, -0.25) is 9.89 Å². The van der Waals surface area contributed by atoms with E-state index in [2.05, 4.69) is 15.1 Å². The van der Waals surface area contributed by atoms with Gasteiger partial charge in [-0.25, -0.2) is 4.98 Å². The molecule has 0 aliphatic rings. The van der Waals surface area contributed by atoms with Gasteiger partial charge in [0.1, 0.15) is 5.82 Å². The fourth-order valence-electron chi connectivity index (χ4n) is 1.31. The molecule has 2 rings (SSSR count). The lowest BCUT2D eigenvalue weighted by molar-refractivity contribution is 0.839. The van der Waals surface area contributed by atoms with Gasteiger partial charge in [-0.05, 0) is 13.8 Å². The molecule has 1 N–H and O–H groups in total. The van der Waals surface area contributed by atoms with Gasteiger partial charge in [0.05, 0.1) is 0 Å². The molecule has 0 aromatic carbocycles. The van der Waals surface area contributed by atoms with Gasteiger partial charge in [-0.2, -0.15) is 9.50 Å². The van der Waals surface area contributed by atoms with E-state index in [0.29, 0.717) is 11.3 Å². The molecule has 0 aliphatic carbocycles. The van der Waals surface area contributed by atoms with E-state index >= 15 is 0 Å². The fraction of sp³-hybridized carbons (Fsp3) is 0.444. The van der Waals surface area contributed by atoms with E-state index in [1.165, 1.54) is 4.52 Å². The average molecular weight is 192 g/mol. The largest absolute Gasteiger partial charge is 0.277 e. The van der Waals surface area contributed by atoms with E-state index in [1.807, 2.05) is 13.8 Å². The summed E-state index contributed by atoms with van der Waals surface area (Å²) in [5, 5.41) is 2.91. The Kier molecular flexibility index (Phi) is 1.87. The van der Waals surface area contributed by atoms with E-state index in [9.17, 15) is 4.79 Å². The molecule has 0 fully saturated rings. The highest BCUT2D eigenvalue weighted by atomic mass is 16.1. The summed E-state index contributed by atoms with van der Waals surface area (Å²) >= 11 is 0. The molecular weight excluding hydrogens is 180 g/mol. The van der Waals surface area contributed by atoms with Crippen LogP contribution in [0.3, 0.4) is 0 Å². The summed E-state index contributed by atoms with van der Waals surface area (Å²) in [7, 11) is 0. The van der Waals surface area contributed by atoms with Crippen LogP contribution in [0.2, 0.25) is 0 Å². The molecular formula is C9H12N4O. The molecule has 74 valence electrons. The molecule has 0 radical (unpaired) electrons. The zero-order valence-electron chi connectivity index (χ0n) is 8.46. The van der Waals surface area contributed by atoms with Gasteiger partial charge < -0.3 is 0 Å². The van der Waals surface area contributed by atoms with Crippen LogP contribution in [0.25, 0.3) is 5.78 Å². The van der Waals surface area contributed by atoms with Crippen molar-refractivity contribution in [3.8, 4) is 0 Å². The van der Waals surface area contributed by atoms with Crippen LogP contribution in [0, 0.1) is 13.8 Å². The lowest BCUT2D eigenvalue weighted by atomic mass is 10.3. The molecule has 0 bridgehead atoms. The van der Waals surface area contributed by atoms with Crippen molar-refractivity contribution in [2.45, 2.75) is 27.2 Å². The smallest absolute Gasteiger partial charge is 0.275 e. The minimum Gasteiger partial charge on any atom is -0.275 e. The van der Waals surface area contributed by atoms with Crippen LogP contribution in [-0.4, -0.2) is 19.6 Å². The van der Waals surface area contributed by atoms with E-state index in [4.69, 9.17) is 0 Å². The summed E-state index contributed by atoms with van der Waals surface area (Å²) < 4.78 is 1.39. The van der Waals surface area contributed by atoms with Crippen molar-refractivity contribution in [1.82, 2.24) is 19.6 Å².